The van der Waals surface area contributed by atoms with Gasteiger partial charge in [0.1, 0.15) is 0 Å². The summed E-state index contributed by atoms with van der Waals surface area (Å²) >= 11 is 1.40. The molecule has 3 aromatic rings. The van der Waals surface area contributed by atoms with Gasteiger partial charge in [0.2, 0.25) is 5.91 Å². The van der Waals surface area contributed by atoms with E-state index >= 15 is 0 Å². The van der Waals surface area contributed by atoms with Crippen molar-refractivity contribution >= 4 is 40.1 Å². The van der Waals surface area contributed by atoms with Gasteiger partial charge in [0.05, 0.1) is 4.88 Å². The standard InChI is InChI=1S/C20H18N2O2S/c23-18(19-7-4-14-25-19)12-13-20(24)22-17-10-8-16(9-11-17)21-15-5-2-1-3-6-15/h1-11,14,21H,12-13H2,(H,22,24). The Balaban J connectivity index is 1.49. The van der Waals surface area contributed by atoms with E-state index in [1.807, 2.05) is 66.0 Å². The van der Waals surface area contributed by atoms with Crippen molar-refractivity contribution in [2.45, 2.75) is 12.8 Å². The molecule has 0 saturated heterocycles. The number of Topliss-reactive ketones (excluding diaryl/α,β-unsaturated/α-hetero) is 1. The second kappa shape index (κ2) is 8.26. The van der Waals surface area contributed by atoms with Gasteiger partial charge in [-0.15, -0.1) is 11.3 Å². The molecule has 0 spiro atoms. The van der Waals surface area contributed by atoms with E-state index < -0.39 is 0 Å². The molecule has 0 fully saturated rings. The largest absolute Gasteiger partial charge is 0.356 e. The summed E-state index contributed by atoms with van der Waals surface area (Å²) in [6.07, 6.45) is 0.404. The average molecular weight is 350 g/mol. The number of hydrogen-bond donors (Lipinski definition) is 2. The Morgan fingerprint density at radius 1 is 0.760 bits per heavy atom. The Morgan fingerprint density at radius 3 is 2.12 bits per heavy atom. The number of nitrogens with one attached hydrogen (secondary N) is 2. The number of anilines is 3. The zero-order valence-corrected chi connectivity index (χ0v) is 14.4. The topological polar surface area (TPSA) is 58.2 Å². The number of para-hydroxylation sites is 1. The maximum Gasteiger partial charge on any atom is 0.224 e. The molecule has 0 aliphatic rings. The fourth-order valence-corrected chi connectivity index (χ4v) is 3.03. The van der Waals surface area contributed by atoms with Crippen molar-refractivity contribution < 1.29 is 9.59 Å². The summed E-state index contributed by atoms with van der Waals surface area (Å²) in [5.41, 5.74) is 2.66. The van der Waals surface area contributed by atoms with Gasteiger partial charge in [0.25, 0.3) is 0 Å². The van der Waals surface area contributed by atoms with Crippen LogP contribution in [0.2, 0.25) is 0 Å². The van der Waals surface area contributed by atoms with Crippen LogP contribution in [0.4, 0.5) is 17.1 Å². The van der Waals surface area contributed by atoms with Crippen LogP contribution in [0.1, 0.15) is 22.5 Å². The molecule has 0 unspecified atom stereocenters. The first-order valence-corrected chi connectivity index (χ1v) is 8.87. The van der Waals surface area contributed by atoms with Crippen LogP contribution in [0.5, 0.6) is 0 Å². The molecule has 0 bridgehead atoms. The van der Waals surface area contributed by atoms with E-state index in [1.54, 1.807) is 6.07 Å². The molecule has 25 heavy (non-hydrogen) atoms. The second-order valence-corrected chi connectivity index (χ2v) is 6.46. The van der Waals surface area contributed by atoms with Gasteiger partial charge in [-0.05, 0) is 47.8 Å². The van der Waals surface area contributed by atoms with E-state index in [1.165, 1.54) is 11.3 Å². The first kappa shape index (κ1) is 16.9. The third-order valence-corrected chi connectivity index (χ3v) is 4.52. The molecule has 1 aromatic heterocycles. The summed E-state index contributed by atoms with van der Waals surface area (Å²) in [5.74, 6) is -0.152. The summed E-state index contributed by atoms with van der Waals surface area (Å²) in [6, 6.07) is 21.0. The lowest BCUT2D eigenvalue weighted by Crippen LogP contribution is -2.13. The normalized spacial score (nSPS) is 10.2. The Morgan fingerprint density at radius 2 is 1.44 bits per heavy atom. The zero-order chi connectivity index (χ0) is 17.5. The van der Waals surface area contributed by atoms with Gasteiger partial charge >= 0.3 is 0 Å². The van der Waals surface area contributed by atoms with Gasteiger partial charge in [-0.1, -0.05) is 24.3 Å². The molecule has 4 nitrogen and oxygen atoms in total. The minimum Gasteiger partial charge on any atom is -0.356 e. The highest BCUT2D eigenvalue weighted by atomic mass is 32.1. The van der Waals surface area contributed by atoms with Crippen molar-refractivity contribution in [1.29, 1.82) is 0 Å². The van der Waals surface area contributed by atoms with Crippen LogP contribution in [-0.4, -0.2) is 11.7 Å². The molecule has 0 aliphatic heterocycles. The number of thiophene rings is 1. The van der Waals surface area contributed by atoms with Crippen LogP contribution < -0.4 is 10.6 Å². The Kier molecular flexibility index (Phi) is 5.59. The number of carbonyl (C=O) groups excluding carboxylic acids is 2. The minimum absolute atomic E-state index is 0.00700. The van der Waals surface area contributed by atoms with Crippen molar-refractivity contribution in [3.05, 3.63) is 77.0 Å². The highest BCUT2D eigenvalue weighted by Gasteiger charge is 2.10. The second-order valence-electron chi connectivity index (χ2n) is 5.52. The molecule has 1 heterocycles. The van der Waals surface area contributed by atoms with E-state index in [9.17, 15) is 9.59 Å². The molecule has 126 valence electrons. The number of benzene rings is 2. The quantitative estimate of drug-likeness (QED) is 0.583. The lowest BCUT2D eigenvalue weighted by molar-refractivity contribution is -0.116. The van der Waals surface area contributed by atoms with E-state index in [0.717, 1.165) is 11.4 Å². The lowest BCUT2D eigenvalue weighted by Gasteiger charge is -2.08. The van der Waals surface area contributed by atoms with Gasteiger partial charge < -0.3 is 10.6 Å². The van der Waals surface area contributed by atoms with Gasteiger partial charge in [0.15, 0.2) is 5.78 Å². The number of ketones is 1. The number of hydrogen-bond acceptors (Lipinski definition) is 4. The van der Waals surface area contributed by atoms with Crippen LogP contribution in [0.25, 0.3) is 0 Å². The number of amides is 1. The van der Waals surface area contributed by atoms with Crippen molar-refractivity contribution in [2.75, 3.05) is 10.6 Å². The monoisotopic (exact) mass is 350 g/mol. The Labute approximate surface area is 150 Å². The van der Waals surface area contributed by atoms with Crippen molar-refractivity contribution in [1.82, 2.24) is 0 Å². The van der Waals surface area contributed by atoms with Crippen molar-refractivity contribution in [2.24, 2.45) is 0 Å². The molecule has 5 heteroatoms. The maximum atomic E-state index is 12.0. The van der Waals surface area contributed by atoms with E-state index in [4.69, 9.17) is 0 Å². The highest BCUT2D eigenvalue weighted by molar-refractivity contribution is 7.12. The summed E-state index contributed by atoms with van der Waals surface area (Å²) in [5, 5.41) is 7.96. The van der Waals surface area contributed by atoms with E-state index in [2.05, 4.69) is 10.6 Å². The molecule has 0 saturated carbocycles. The molecule has 0 radical (unpaired) electrons. The summed E-state index contributed by atoms with van der Waals surface area (Å²) in [4.78, 5) is 24.6. The molecule has 3 rings (SSSR count). The minimum atomic E-state index is -0.159. The predicted molar refractivity (Wildman–Crippen MR) is 103 cm³/mol. The third-order valence-electron chi connectivity index (χ3n) is 3.61. The molecule has 2 aromatic carbocycles. The molecule has 0 atom stereocenters. The first-order chi connectivity index (χ1) is 12.2. The maximum absolute atomic E-state index is 12.0. The van der Waals surface area contributed by atoms with E-state index in [0.29, 0.717) is 10.6 Å². The summed E-state index contributed by atoms with van der Waals surface area (Å²) in [6.45, 7) is 0. The summed E-state index contributed by atoms with van der Waals surface area (Å²) < 4.78 is 0. The molecule has 2 N–H and O–H groups in total. The Hall–Kier alpha value is -2.92. The fourth-order valence-electron chi connectivity index (χ4n) is 2.34. The molecular weight excluding hydrogens is 332 g/mol. The van der Waals surface area contributed by atoms with E-state index in [-0.39, 0.29) is 24.5 Å². The fraction of sp³-hybridized carbons (Fsp3) is 0.100. The predicted octanol–water partition coefficient (Wildman–Crippen LogP) is 5.09. The molecule has 1 amide bonds. The molecular formula is C20H18N2O2S. The first-order valence-electron chi connectivity index (χ1n) is 7.99. The number of carbonyl (C=O) groups is 2. The smallest absolute Gasteiger partial charge is 0.224 e. The number of rotatable bonds is 7. The van der Waals surface area contributed by atoms with Gasteiger partial charge in [-0.3, -0.25) is 9.59 Å². The average Bonchev–Trinajstić information content (AvgIpc) is 3.17. The van der Waals surface area contributed by atoms with Gasteiger partial charge in [-0.25, -0.2) is 0 Å². The van der Waals surface area contributed by atoms with Crippen molar-refractivity contribution in [3.8, 4) is 0 Å². The Bertz CT molecular complexity index is 828. The van der Waals surface area contributed by atoms with Crippen LogP contribution in [0.3, 0.4) is 0 Å². The van der Waals surface area contributed by atoms with Crippen LogP contribution in [0.15, 0.2) is 72.1 Å². The highest BCUT2D eigenvalue weighted by Crippen LogP contribution is 2.19. The van der Waals surface area contributed by atoms with Crippen LogP contribution >= 0.6 is 11.3 Å². The van der Waals surface area contributed by atoms with Crippen LogP contribution in [0, 0.1) is 0 Å². The lowest BCUT2D eigenvalue weighted by atomic mass is 10.2. The van der Waals surface area contributed by atoms with Gasteiger partial charge in [0, 0.05) is 29.9 Å². The molecule has 0 aliphatic carbocycles. The third kappa shape index (κ3) is 5.02. The van der Waals surface area contributed by atoms with Crippen LogP contribution in [-0.2, 0) is 4.79 Å². The van der Waals surface area contributed by atoms with Crippen molar-refractivity contribution in [3.63, 3.8) is 0 Å². The summed E-state index contributed by atoms with van der Waals surface area (Å²) in [7, 11) is 0. The van der Waals surface area contributed by atoms with Gasteiger partial charge in [-0.2, -0.15) is 0 Å². The zero-order valence-electron chi connectivity index (χ0n) is 13.6. The SMILES string of the molecule is O=C(CCC(=O)c1cccs1)Nc1ccc(Nc2ccccc2)cc1.